The Morgan fingerprint density at radius 3 is 2.93 bits per heavy atom. The van der Waals surface area contributed by atoms with Crippen LogP contribution in [0, 0.1) is 0 Å². The molecule has 1 rings (SSSR count). The van der Waals surface area contributed by atoms with E-state index >= 15 is 0 Å². The lowest BCUT2D eigenvalue weighted by Crippen LogP contribution is -2.31. The van der Waals surface area contributed by atoms with Crippen molar-refractivity contribution in [1.82, 2.24) is 20.5 Å². The summed E-state index contributed by atoms with van der Waals surface area (Å²) in [5.41, 5.74) is -0.410. The number of aliphatic hydroxyl groups excluding tert-OH is 1. The molecule has 0 spiro atoms. The average molecular weight is 200 g/mol. The number of carbonyl (C=O) groups excluding carboxylic acids is 1. The maximum absolute atomic E-state index is 10.6. The lowest BCUT2D eigenvalue weighted by molar-refractivity contribution is -0.119. The standard InChI is InChI=1S/C7H12N4O3/c1-4(12)8-3-5(13)2-6-9-7(14)11-10-6/h5,13H,2-3H2,1H3,(H,8,12)(H2,9,10,11,14). The van der Waals surface area contributed by atoms with E-state index in [4.69, 9.17) is 0 Å². The van der Waals surface area contributed by atoms with E-state index in [-0.39, 0.29) is 18.9 Å². The number of hydrogen-bond donors (Lipinski definition) is 4. The molecule has 0 bridgehead atoms. The highest BCUT2D eigenvalue weighted by Crippen LogP contribution is 1.91. The molecule has 7 nitrogen and oxygen atoms in total. The zero-order valence-electron chi connectivity index (χ0n) is 7.70. The van der Waals surface area contributed by atoms with Crippen LogP contribution in [-0.4, -0.2) is 38.8 Å². The molecule has 1 amide bonds. The lowest BCUT2D eigenvalue weighted by Gasteiger charge is -2.08. The van der Waals surface area contributed by atoms with Crippen molar-refractivity contribution in [3.8, 4) is 0 Å². The smallest absolute Gasteiger partial charge is 0.340 e. The van der Waals surface area contributed by atoms with Gasteiger partial charge in [-0.1, -0.05) is 0 Å². The molecule has 0 aliphatic carbocycles. The molecule has 0 saturated carbocycles. The summed E-state index contributed by atoms with van der Waals surface area (Å²) in [4.78, 5) is 23.5. The van der Waals surface area contributed by atoms with Gasteiger partial charge >= 0.3 is 5.69 Å². The van der Waals surface area contributed by atoms with Gasteiger partial charge in [0.25, 0.3) is 0 Å². The molecule has 0 aliphatic rings. The van der Waals surface area contributed by atoms with Gasteiger partial charge in [-0.15, -0.1) is 0 Å². The third-order valence-electron chi connectivity index (χ3n) is 1.57. The first-order valence-corrected chi connectivity index (χ1v) is 4.14. The number of carbonyl (C=O) groups is 1. The molecule has 1 heterocycles. The Bertz CT molecular complexity index is 356. The quantitative estimate of drug-likeness (QED) is 0.456. The van der Waals surface area contributed by atoms with Gasteiger partial charge in [0.05, 0.1) is 6.10 Å². The molecular formula is C7H12N4O3. The molecule has 0 aliphatic heterocycles. The monoisotopic (exact) mass is 200 g/mol. The summed E-state index contributed by atoms with van der Waals surface area (Å²) in [6.45, 7) is 1.51. The number of H-pyrrole nitrogens is 2. The van der Waals surface area contributed by atoms with Crippen LogP contribution in [0.1, 0.15) is 12.7 Å². The topological polar surface area (TPSA) is 111 Å². The predicted molar refractivity (Wildman–Crippen MR) is 47.6 cm³/mol. The third-order valence-corrected chi connectivity index (χ3v) is 1.57. The van der Waals surface area contributed by atoms with Gasteiger partial charge in [-0.2, -0.15) is 5.10 Å². The maximum Gasteiger partial charge on any atom is 0.340 e. The summed E-state index contributed by atoms with van der Waals surface area (Å²) < 4.78 is 0. The molecule has 1 atom stereocenters. The number of nitrogens with zero attached hydrogens (tertiary/aromatic N) is 1. The predicted octanol–water partition coefficient (Wildman–Crippen LogP) is -1.86. The molecule has 0 radical (unpaired) electrons. The second-order valence-corrected chi connectivity index (χ2v) is 2.92. The molecule has 0 aromatic carbocycles. The molecule has 14 heavy (non-hydrogen) atoms. The molecule has 0 saturated heterocycles. The number of aromatic amines is 2. The summed E-state index contributed by atoms with van der Waals surface area (Å²) in [5.74, 6) is 0.160. The summed E-state index contributed by atoms with van der Waals surface area (Å²) in [6.07, 6.45) is -0.559. The highest BCUT2D eigenvalue weighted by Gasteiger charge is 2.08. The minimum atomic E-state index is -0.752. The molecule has 0 fully saturated rings. The Hall–Kier alpha value is -1.63. The maximum atomic E-state index is 10.6. The van der Waals surface area contributed by atoms with Gasteiger partial charge in [0, 0.05) is 19.9 Å². The average Bonchev–Trinajstić information content (AvgIpc) is 2.48. The van der Waals surface area contributed by atoms with E-state index in [0.717, 1.165) is 0 Å². The van der Waals surface area contributed by atoms with Crippen LogP contribution >= 0.6 is 0 Å². The molecule has 1 aromatic rings. The van der Waals surface area contributed by atoms with Gasteiger partial charge in [-0.3, -0.25) is 9.78 Å². The first-order chi connectivity index (χ1) is 6.58. The molecular weight excluding hydrogens is 188 g/mol. The van der Waals surface area contributed by atoms with Gasteiger partial charge in [0.1, 0.15) is 5.82 Å². The number of amides is 1. The van der Waals surface area contributed by atoms with Crippen molar-refractivity contribution in [3.63, 3.8) is 0 Å². The lowest BCUT2D eigenvalue weighted by atomic mass is 10.2. The fraction of sp³-hybridized carbons (Fsp3) is 0.571. The zero-order chi connectivity index (χ0) is 10.6. The minimum absolute atomic E-state index is 0.143. The summed E-state index contributed by atoms with van der Waals surface area (Å²) in [5, 5.41) is 17.6. The Morgan fingerprint density at radius 2 is 2.43 bits per heavy atom. The van der Waals surface area contributed by atoms with Gasteiger partial charge in [-0.05, 0) is 0 Å². The molecule has 78 valence electrons. The second kappa shape index (κ2) is 4.56. The summed E-state index contributed by atoms with van der Waals surface area (Å²) >= 11 is 0. The number of aromatic nitrogens is 3. The van der Waals surface area contributed by atoms with E-state index in [1.807, 2.05) is 0 Å². The van der Waals surface area contributed by atoms with Crippen LogP contribution in [0.4, 0.5) is 0 Å². The number of hydrogen-bond acceptors (Lipinski definition) is 4. The van der Waals surface area contributed by atoms with Crippen LogP contribution in [-0.2, 0) is 11.2 Å². The summed E-state index contributed by atoms with van der Waals surface area (Å²) in [7, 11) is 0. The van der Waals surface area contributed by atoms with Crippen molar-refractivity contribution in [2.45, 2.75) is 19.4 Å². The van der Waals surface area contributed by atoms with Crippen LogP contribution < -0.4 is 11.0 Å². The Morgan fingerprint density at radius 1 is 1.71 bits per heavy atom. The van der Waals surface area contributed by atoms with E-state index in [1.165, 1.54) is 6.92 Å². The Balaban J connectivity index is 2.37. The van der Waals surface area contributed by atoms with Gasteiger partial charge in [0.2, 0.25) is 5.91 Å². The van der Waals surface area contributed by atoms with E-state index in [0.29, 0.717) is 5.82 Å². The first kappa shape index (κ1) is 10.5. The fourth-order valence-electron chi connectivity index (χ4n) is 0.959. The Kier molecular flexibility index (Phi) is 3.41. The number of nitrogens with one attached hydrogen (secondary N) is 3. The minimum Gasteiger partial charge on any atom is -0.391 e. The van der Waals surface area contributed by atoms with Crippen LogP contribution in [0.15, 0.2) is 4.79 Å². The molecule has 1 aromatic heterocycles. The SMILES string of the molecule is CC(=O)NCC(O)Cc1n[nH]c(=O)[nH]1. The van der Waals surface area contributed by atoms with Crippen molar-refractivity contribution in [3.05, 3.63) is 16.3 Å². The Labute approximate surface area is 79.5 Å². The van der Waals surface area contributed by atoms with Crippen molar-refractivity contribution in [1.29, 1.82) is 0 Å². The van der Waals surface area contributed by atoms with Crippen LogP contribution in [0.2, 0.25) is 0 Å². The van der Waals surface area contributed by atoms with E-state index < -0.39 is 11.8 Å². The zero-order valence-corrected chi connectivity index (χ0v) is 7.70. The van der Waals surface area contributed by atoms with Crippen molar-refractivity contribution < 1.29 is 9.90 Å². The molecule has 7 heteroatoms. The van der Waals surface area contributed by atoms with E-state index in [2.05, 4.69) is 20.5 Å². The van der Waals surface area contributed by atoms with Gasteiger partial charge < -0.3 is 10.4 Å². The highest BCUT2D eigenvalue weighted by molar-refractivity contribution is 5.72. The third kappa shape index (κ3) is 3.40. The second-order valence-electron chi connectivity index (χ2n) is 2.92. The highest BCUT2D eigenvalue weighted by atomic mass is 16.3. The van der Waals surface area contributed by atoms with Crippen molar-refractivity contribution in [2.24, 2.45) is 0 Å². The number of aliphatic hydroxyl groups is 1. The van der Waals surface area contributed by atoms with Gasteiger partial charge in [-0.25, -0.2) is 9.89 Å². The first-order valence-electron chi connectivity index (χ1n) is 4.14. The number of rotatable bonds is 4. The molecule has 4 N–H and O–H groups in total. The van der Waals surface area contributed by atoms with Crippen LogP contribution in [0.3, 0.4) is 0 Å². The van der Waals surface area contributed by atoms with Crippen molar-refractivity contribution in [2.75, 3.05) is 6.54 Å². The normalized spacial score (nSPS) is 12.4. The van der Waals surface area contributed by atoms with E-state index in [9.17, 15) is 14.7 Å². The fourth-order valence-corrected chi connectivity index (χ4v) is 0.959. The van der Waals surface area contributed by atoms with E-state index in [1.54, 1.807) is 0 Å². The van der Waals surface area contributed by atoms with Gasteiger partial charge in [0.15, 0.2) is 0 Å². The summed E-state index contributed by atoms with van der Waals surface area (Å²) in [6, 6.07) is 0. The van der Waals surface area contributed by atoms with Crippen LogP contribution in [0.25, 0.3) is 0 Å². The molecule has 1 unspecified atom stereocenters. The van der Waals surface area contributed by atoms with Crippen molar-refractivity contribution >= 4 is 5.91 Å². The largest absolute Gasteiger partial charge is 0.391 e. The van der Waals surface area contributed by atoms with Crippen LogP contribution in [0.5, 0.6) is 0 Å².